The summed E-state index contributed by atoms with van der Waals surface area (Å²) in [7, 11) is 2.21. The summed E-state index contributed by atoms with van der Waals surface area (Å²) in [6.45, 7) is 7.94. The van der Waals surface area contributed by atoms with Crippen molar-refractivity contribution < 1.29 is 9.59 Å². The molecule has 1 unspecified atom stereocenters. The molecule has 11 heteroatoms. The molecule has 2 aromatic rings. The van der Waals surface area contributed by atoms with Crippen LogP contribution in [0, 0.1) is 5.92 Å². The number of amides is 3. The highest BCUT2D eigenvalue weighted by Crippen LogP contribution is 2.29. The zero-order chi connectivity index (χ0) is 29.0. The highest BCUT2D eigenvalue weighted by atomic mass is 16.2. The van der Waals surface area contributed by atoms with Crippen molar-refractivity contribution in [3.63, 3.8) is 0 Å². The third-order valence-corrected chi connectivity index (χ3v) is 8.31. The van der Waals surface area contributed by atoms with Gasteiger partial charge >= 0.3 is 11.7 Å². The van der Waals surface area contributed by atoms with E-state index >= 15 is 0 Å². The van der Waals surface area contributed by atoms with Crippen LogP contribution in [0.25, 0.3) is 5.69 Å². The van der Waals surface area contributed by atoms with Crippen LogP contribution in [0.4, 0.5) is 10.6 Å². The molecule has 1 aromatic heterocycles. The van der Waals surface area contributed by atoms with Crippen molar-refractivity contribution in [1.29, 1.82) is 0 Å². The van der Waals surface area contributed by atoms with Crippen LogP contribution in [0.3, 0.4) is 0 Å². The number of hydrogen-bond acceptors (Lipinski definition) is 7. The maximum Gasteiger partial charge on any atom is 0.354 e. The van der Waals surface area contributed by atoms with Gasteiger partial charge in [0.05, 0.1) is 11.2 Å². The van der Waals surface area contributed by atoms with Gasteiger partial charge in [-0.2, -0.15) is 4.98 Å². The third-order valence-electron chi connectivity index (χ3n) is 8.31. The lowest BCUT2D eigenvalue weighted by Crippen LogP contribution is -2.58. The molecule has 0 bridgehead atoms. The lowest BCUT2D eigenvalue weighted by molar-refractivity contribution is -0.137. The van der Waals surface area contributed by atoms with Gasteiger partial charge in [-0.3, -0.25) is 14.7 Å². The zero-order valence-electron chi connectivity index (χ0n) is 24.2. The Balaban J connectivity index is 1.31. The Morgan fingerprint density at radius 1 is 1.10 bits per heavy atom. The average molecular weight is 553 g/mol. The lowest BCUT2D eigenvalue weighted by atomic mass is 10.0. The summed E-state index contributed by atoms with van der Waals surface area (Å²) in [6.07, 6.45) is 6.13. The first-order chi connectivity index (χ1) is 19.0. The highest BCUT2D eigenvalue weighted by Gasteiger charge is 2.31. The van der Waals surface area contributed by atoms with E-state index in [2.05, 4.69) is 41.3 Å². The Hall–Kier alpha value is -3.28. The van der Waals surface area contributed by atoms with E-state index in [4.69, 9.17) is 11.5 Å². The van der Waals surface area contributed by atoms with Crippen LogP contribution in [0.5, 0.6) is 0 Å². The van der Waals surface area contributed by atoms with Gasteiger partial charge in [0, 0.05) is 44.5 Å². The smallest absolute Gasteiger partial charge is 0.338 e. The van der Waals surface area contributed by atoms with Crippen LogP contribution in [0.1, 0.15) is 45.6 Å². The van der Waals surface area contributed by atoms with Gasteiger partial charge in [-0.05, 0) is 89.7 Å². The fraction of sp³-hybridized carbons (Fsp3) is 0.586. The van der Waals surface area contributed by atoms with Crippen LogP contribution in [-0.4, -0.2) is 93.6 Å². The summed E-state index contributed by atoms with van der Waals surface area (Å²) in [5.74, 6) is 0.686. The largest absolute Gasteiger partial charge is 0.354 e. The zero-order valence-corrected chi connectivity index (χ0v) is 24.2. The number of benzene rings is 1. The summed E-state index contributed by atoms with van der Waals surface area (Å²) >= 11 is 0. The molecule has 2 aliphatic rings. The van der Waals surface area contributed by atoms with E-state index in [0.717, 1.165) is 13.0 Å². The van der Waals surface area contributed by atoms with Gasteiger partial charge in [0.2, 0.25) is 5.91 Å². The Morgan fingerprint density at radius 3 is 2.33 bits per heavy atom. The Bertz CT molecular complexity index is 1230. The molecule has 1 aromatic carbocycles. The minimum atomic E-state index is -0.947. The summed E-state index contributed by atoms with van der Waals surface area (Å²) < 4.78 is 1.46. The van der Waals surface area contributed by atoms with Crippen molar-refractivity contribution in [3.8, 4) is 5.69 Å². The second-order valence-electron chi connectivity index (χ2n) is 11.9. The van der Waals surface area contributed by atoms with Crippen molar-refractivity contribution in [2.45, 2.75) is 64.1 Å². The quantitative estimate of drug-likeness (QED) is 0.452. The van der Waals surface area contributed by atoms with E-state index in [0.29, 0.717) is 49.9 Å². The molecular formula is C29H44N8O3. The van der Waals surface area contributed by atoms with Crippen LogP contribution >= 0.6 is 0 Å². The summed E-state index contributed by atoms with van der Waals surface area (Å²) in [5.41, 5.74) is 12.3. The maximum absolute atomic E-state index is 12.8. The molecule has 2 heterocycles. The number of nitrogens with zero attached hydrogens (tertiary/aromatic N) is 5. The minimum Gasteiger partial charge on any atom is -0.338 e. The molecule has 0 spiro atoms. The molecule has 3 amide bonds. The van der Waals surface area contributed by atoms with Crippen molar-refractivity contribution in [1.82, 2.24) is 24.3 Å². The molecule has 11 nitrogen and oxygen atoms in total. The molecular weight excluding hydrogens is 508 g/mol. The summed E-state index contributed by atoms with van der Waals surface area (Å²) in [6, 6.07) is 10.2. The van der Waals surface area contributed by atoms with Crippen LogP contribution in [0.15, 0.2) is 41.3 Å². The molecule has 5 N–H and O–H groups in total. The molecule has 4 rings (SSSR count). The van der Waals surface area contributed by atoms with Gasteiger partial charge in [-0.25, -0.2) is 9.59 Å². The molecule has 218 valence electrons. The van der Waals surface area contributed by atoms with Gasteiger partial charge in [-0.15, -0.1) is 0 Å². The number of rotatable bonds is 8. The number of nitrogens with one attached hydrogen (secondary N) is 1. The first kappa shape index (κ1) is 29.7. The number of urea groups is 1. The third kappa shape index (κ3) is 7.07. The number of anilines is 1. The normalized spacial score (nSPS) is 20.6. The van der Waals surface area contributed by atoms with Crippen molar-refractivity contribution in [2.24, 2.45) is 17.4 Å². The van der Waals surface area contributed by atoms with Crippen LogP contribution in [-0.2, 0) is 11.2 Å². The van der Waals surface area contributed by atoms with Crippen LogP contribution < -0.4 is 22.5 Å². The fourth-order valence-corrected chi connectivity index (χ4v) is 5.65. The Kier molecular flexibility index (Phi) is 9.27. The van der Waals surface area contributed by atoms with Gasteiger partial charge < -0.3 is 26.2 Å². The van der Waals surface area contributed by atoms with E-state index < -0.39 is 11.2 Å². The molecule has 0 radical (unpaired) electrons. The second-order valence-corrected chi connectivity index (χ2v) is 11.9. The number of piperazine rings is 1. The van der Waals surface area contributed by atoms with Gasteiger partial charge in [0.25, 0.3) is 0 Å². The molecule has 3 atom stereocenters. The van der Waals surface area contributed by atoms with Gasteiger partial charge in [0.1, 0.15) is 5.82 Å². The van der Waals surface area contributed by atoms with E-state index in [1.54, 1.807) is 35.9 Å². The van der Waals surface area contributed by atoms with E-state index in [1.807, 2.05) is 12.1 Å². The summed E-state index contributed by atoms with van der Waals surface area (Å²) in [4.78, 5) is 47.7. The molecule has 1 aliphatic heterocycles. The number of aromatic nitrogens is 2. The Labute approximate surface area is 236 Å². The maximum atomic E-state index is 12.8. The van der Waals surface area contributed by atoms with Crippen molar-refractivity contribution in [2.75, 3.05) is 45.1 Å². The fourth-order valence-electron chi connectivity index (χ4n) is 5.65. The van der Waals surface area contributed by atoms with E-state index in [1.165, 1.54) is 29.4 Å². The number of nitrogens with two attached hydrogens (primary N) is 2. The number of carbonyl (C=O) groups is 2. The highest BCUT2D eigenvalue weighted by molar-refractivity contribution is 5.89. The molecule has 1 saturated carbocycles. The van der Waals surface area contributed by atoms with Gasteiger partial charge in [0.15, 0.2) is 0 Å². The molecule has 40 heavy (non-hydrogen) atoms. The number of hydrogen-bond donors (Lipinski definition) is 3. The van der Waals surface area contributed by atoms with Gasteiger partial charge in [-0.1, -0.05) is 12.1 Å². The average Bonchev–Trinajstić information content (AvgIpc) is 3.42. The van der Waals surface area contributed by atoms with Crippen molar-refractivity contribution >= 4 is 17.8 Å². The lowest BCUT2D eigenvalue weighted by Gasteiger charge is -2.37. The minimum absolute atomic E-state index is 0.141. The number of likely N-dealkylation sites (N-methyl/N-ethyl adjacent to an activating group) is 1. The van der Waals surface area contributed by atoms with E-state index in [-0.39, 0.29) is 17.8 Å². The molecule has 1 saturated heterocycles. The van der Waals surface area contributed by atoms with Crippen LogP contribution in [0.2, 0.25) is 0 Å². The predicted molar refractivity (Wildman–Crippen MR) is 156 cm³/mol. The monoisotopic (exact) mass is 552 g/mol. The Morgan fingerprint density at radius 2 is 1.75 bits per heavy atom. The standard InChI is InChI=1S/C29H44N8O3/c1-20(34(4)24-10-7-22(18-24)19-30)17-21-5-8-23(9-6-21)37-12-11-25(33-28(37)40)32-27(39)36-15-13-35(14-16-36)26(38)29(2,3)31/h5-6,8-9,11-12,20,22,24H,7,10,13-19,30-31H2,1-4H3,(H,32,33,39,40)/t20?,22-,24+/m1/s1. The first-order valence-electron chi connectivity index (χ1n) is 14.2. The number of carbonyl (C=O) groups excluding carboxylic acids is 2. The predicted octanol–water partition coefficient (Wildman–Crippen LogP) is 1.64. The molecule has 2 fully saturated rings. The topological polar surface area (TPSA) is 143 Å². The SMILES string of the molecule is CC(Cc1ccc(-n2ccc(NC(=O)N3CCN(C(=O)C(C)(C)N)CC3)nc2=O)cc1)N(C)[C@H]1CC[C@@H](CN)C1. The first-order valence-corrected chi connectivity index (χ1v) is 14.2. The molecule has 1 aliphatic carbocycles. The van der Waals surface area contributed by atoms with Crippen molar-refractivity contribution in [3.05, 3.63) is 52.6 Å². The second kappa shape index (κ2) is 12.5. The summed E-state index contributed by atoms with van der Waals surface area (Å²) in [5, 5.41) is 2.70. The van der Waals surface area contributed by atoms with E-state index in [9.17, 15) is 14.4 Å².